The molecule has 0 amide bonds. The Labute approximate surface area is 61.0 Å². The average Bonchev–Trinajstić information content (AvgIpc) is 2.34. The lowest BCUT2D eigenvalue weighted by atomic mass is 10.3. The van der Waals surface area contributed by atoms with Gasteiger partial charge in [-0.3, -0.25) is 4.70 Å². The Kier molecular flexibility index (Phi) is 4.63. The first-order valence-corrected chi connectivity index (χ1v) is 3.54. The van der Waals surface area contributed by atoms with Crippen molar-refractivity contribution in [1.82, 2.24) is 4.57 Å². The van der Waals surface area contributed by atoms with Crippen molar-refractivity contribution < 1.29 is 4.70 Å². The molecule has 0 unspecified atom stereocenters. The van der Waals surface area contributed by atoms with E-state index in [2.05, 4.69) is 36.0 Å². The molecule has 10 heavy (non-hydrogen) atoms. The fourth-order valence-electron chi connectivity index (χ4n) is 0.860. The van der Waals surface area contributed by atoms with Crippen LogP contribution in [-0.2, 0) is 6.54 Å². The first-order valence-electron chi connectivity index (χ1n) is 3.54. The minimum Gasteiger partial charge on any atom is -0.354 e. The van der Waals surface area contributed by atoms with Crippen LogP contribution in [0.3, 0.4) is 0 Å². The van der Waals surface area contributed by atoms with Crippen LogP contribution < -0.4 is 0 Å². The van der Waals surface area contributed by atoms with Crippen molar-refractivity contribution in [2.75, 3.05) is 0 Å². The van der Waals surface area contributed by atoms with Crippen LogP contribution in [0.2, 0.25) is 0 Å². The molecule has 0 aliphatic carbocycles. The number of aromatic nitrogens is 1. The van der Waals surface area contributed by atoms with Crippen molar-refractivity contribution in [1.29, 1.82) is 0 Å². The molecular weight excluding hydrogens is 129 g/mol. The molecule has 0 radical (unpaired) electrons. The zero-order valence-electron chi connectivity index (χ0n) is 6.29. The molecule has 0 aliphatic rings. The van der Waals surface area contributed by atoms with Gasteiger partial charge in [-0.1, -0.05) is 13.3 Å². The van der Waals surface area contributed by atoms with Crippen molar-refractivity contribution in [3.05, 3.63) is 24.5 Å². The fourth-order valence-corrected chi connectivity index (χ4v) is 0.860. The molecule has 1 aromatic heterocycles. The van der Waals surface area contributed by atoms with Gasteiger partial charge in [0.1, 0.15) is 0 Å². The summed E-state index contributed by atoms with van der Waals surface area (Å²) in [5.41, 5.74) is 0. The topological polar surface area (TPSA) is 4.93 Å². The zero-order chi connectivity index (χ0) is 6.53. The van der Waals surface area contributed by atoms with Gasteiger partial charge in [-0.05, 0) is 18.6 Å². The number of aryl methyl sites for hydroxylation is 1. The molecule has 1 rings (SSSR count). The maximum atomic E-state index is 2.21. The molecule has 0 N–H and O–H groups in total. The number of unbranched alkanes of at least 4 members (excludes halogenated alkanes) is 1. The molecule has 1 aromatic rings. The van der Waals surface area contributed by atoms with E-state index in [1.165, 1.54) is 19.4 Å². The molecule has 0 fully saturated rings. The minimum atomic E-state index is 0. The fraction of sp³-hybridized carbons (Fsp3) is 0.500. The molecule has 0 bridgehead atoms. The van der Waals surface area contributed by atoms with Gasteiger partial charge < -0.3 is 4.57 Å². The third kappa shape index (κ3) is 2.67. The summed E-state index contributed by atoms with van der Waals surface area (Å²) in [5, 5.41) is 0. The minimum absolute atomic E-state index is 0. The van der Waals surface area contributed by atoms with Crippen LogP contribution in [0.25, 0.3) is 0 Å². The van der Waals surface area contributed by atoms with Crippen molar-refractivity contribution >= 4 is 0 Å². The summed E-state index contributed by atoms with van der Waals surface area (Å²) in [4.78, 5) is 0. The summed E-state index contributed by atoms with van der Waals surface area (Å²) in [6.45, 7) is 3.38. The second-order valence-electron chi connectivity index (χ2n) is 2.27. The van der Waals surface area contributed by atoms with E-state index in [0.717, 1.165) is 0 Å². The summed E-state index contributed by atoms with van der Waals surface area (Å²) in [7, 11) is 0. The molecule has 0 aliphatic heterocycles. The van der Waals surface area contributed by atoms with E-state index < -0.39 is 0 Å². The van der Waals surface area contributed by atoms with E-state index in [1.807, 2.05) is 0 Å². The second-order valence-corrected chi connectivity index (χ2v) is 2.27. The van der Waals surface area contributed by atoms with Gasteiger partial charge in [-0.15, -0.1) is 0 Å². The third-order valence-corrected chi connectivity index (χ3v) is 1.44. The van der Waals surface area contributed by atoms with Crippen LogP contribution in [0.5, 0.6) is 0 Å². The first kappa shape index (κ1) is 9.21. The van der Waals surface area contributed by atoms with Crippen LogP contribution in [0.1, 0.15) is 19.8 Å². The normalized spacial score (nSPS) is 8.90. The summed E-state index contributed by atoms with van der Waals surface area (Å²) in [6, 6.07) is 4.13. The van der Waals surface area contributed by atoms with Gasteiger partial charge in [-0.2, -0.15) is 0 Å². The van der Waals surface area contributed by atoms with Crippen LogP contribution in [0.15, 0.2) is 24.5 Å². The third-order valence-electron chi connectivity index (χ3n) is 1.44. The quantitative estimate of drug-likeness (QED) is 0.612. The van der Waals surface area contributed by atoms with E-state index in [4.69, 9.17) is 0 Å². The van der Waals surface area contributed by atoms with E-state index >= 15 is 0 Å². The van der Waals surface area contributed by atoms with Crippen molar-refractivity contribution in [3.63, 3.8) is 0 Å². The number of hydrogen-bond acceptors (Lipinski definition) is 0. The summed E-state index contributed by atoms with van der Waals surface area (Å²) < 4.78 is 2.21. The Morgan fingerprint density at radius 3 is 2.30 bits per heavy atom. The van der Waals surface area contributed by atoms with Gasteiger partial charge in [0.15, 0.2) is 0 Å². The molecule has 0 atom stereocenters. The second kappa shape index (κ2) is 5.03. The predicted molar refractivity (Wildman–Crippen MR) is 41.8 cm³/mol. The van der Waals surface area contributed by atoms with Crippen LogP contribution >= 0.6 is 0 Å². The molecule has 0 spiro atoms. The van der Waals surface area contributed by atoms with E-state index in [-0.39, 0.29) is 4.70 Å². The lowest BCUT2D eigenvalue weighted by Gasteiger charge is -1.97. The monoisotopic (exact) mass is 143 g/mol. The van der Waals surface area contributed by atoms with Crippen molar-refractivity contribution in [2.24, 2.45) is 0 Å². The number of hydrogen-bond donors (Lipinski definition) is 0. The predicted octanol–water partition coefficient (Wildman–Crippen LogP) is 2.44. The SMILES string of the molecule is CCCCn1cccc1.F. The number of rotatable bonds is 3. The van der Waals surface area contributed by atoms with Crippen LogP contribution in [0.4, 0.5) is 4.70 Å². The lowest BCUT2D eigenvalue weighted by Crippen LogP contribution is -1.91. The van der Waals surface area contributed by atoms with E-state index in [9.17, 15) is 0 Å². The highest BCUT2D eigenvalue weighted by Crippen LogP contribution is 1.94. The molecule has 1 heterocycles. The standard InChI is InChI=1S/C8H13N.FH/c1-2-3-6-9-7-4-5-8-9;/h4-5,7-8H,2-3,6H2,1H3;1H. The van der Waals surface area contributed by atoms with Gasteiger partial charge in [0.05, 0.1) is 0 Å². The van der Waals surface area contributed by atoms with Gasteiger partial charge in [0.2, 0.25) is 0 Å². The molecule has 58 valence electrons. The Bertz CT molecular complexity index is 146. The Balaban J connectivity index is 0.000000810. The molecule has 0 saturated heterocycles. The van der Waals surface area contributed by atoms with Crippen LogP contribution in [0, 0.1) is 0 Å². The average molecular weight is 143 g/mol. The maximum absolute atomic E-state index is 2.21. The largest absolute Gasteiger partial charge is 0.354 e. The molecule has 0 aromatic carbocycles. The van der Waals surface area contributed by atoms with Crippen molar-refractivity contribution in [2.45, 2.75) is 26.3 Å². The molecular formula is C8H14FN. The zero-order valence-corrected chi connectivity index (χ0v) is 6.29. The number of nitrogens with zero attached hydrogens (tertiary/aromatic N) is 1. The number of halogens is 1. The Hall–Kier alpha value is -0.790. The first-order chi connectivity index (χ1) is 4.43. The Morgan fingerprint density at radius 1 is 1.20 bits per heavy atom. The van der Waals surface area contributed by atoms with E-state index in [1.54, 1.807) is 0 Å². The lowest BCUT2D eigenvalue weighted by molar-refractivity contribution is 0.635. The smallest absolute Gasteiger partial charge is 0.0219 e. The van der Waals surface area contributed by atoms with Gasteiger partial charge >= 0.3 is 0 Å². The summed E-state index contributed by atoms with van der Waals surface area (Å²) in [6.07, 6.45) is 6.78. The maximum Gasteiger partial charge on any atom is 0.0219 e. The highest BCUT2D eigenvalue weighted by atomic mass is 19.0. The molecule has 1 nitrogen and oxygen atoms in total. The Morgan fingerprint density at radius 2 is 1.80 bits per heavy atom. The highest BCUT2D eigenvalue weighted by Gasteiger charge is 1.84. The molecule has 2 heteroatoms. The van der Waals surface area contributed by atoms with Gasteiger partial charge in [0.25, 0.3) is 0 Å². The van der Waals surface area contributed by atoms with Gasteiger partial charge in [0, 0.05) is 18.9 Å². The summed E-state index contributed by atoms with van der Waals surface area (Å²) in [5.74, 6) is 0. The van der Waals surface area contributed by atoms with E-state index in [0.29, 0.717) is 0 Å². The van der Waals surface area contributed by atoms with Gasteiger partial charge in [-0.25, -0.2) is 0 Å². The van der Waals surface area contributed by atoms with Crippen LogP contribution in [-0.4, -0.2) is 4.57 Å². The molecule has 0 saturated carbocycles. The summed E-state index contributed by atoms with van der Waals surface area (Å²) >= 11 is 0. The highest BCUT2D eigenvalue weighted by molar-refractivity contribution is 4.89. The van der Waals surface area contributed by atoms with Crippen molar-refractivity contribution in [3.8, 4) is 0 Å².